The summed E-state index contributed by atoms with van der Waals surface area (Å²) in [6.45, 7) is -0.594. The van der Waals surface area contributed by atoms with Crippen molar-refractivity contribution in [3.8, 4) is 0 Å². The molecule has 2 heterocycles. The molecule has 2 aliphatic heterocycles. The topological polar surface area (TPSA) is 112 Å². The van der Waals surface area contributed by atoms with Gasteiger partial charge in [0.15, 0.2) is 12.2 Å². The van der Waals surface area contributed by atoms with Gasteiger partial charge in [-0.2, -0.15) is 0 Å². The Morgan fingerprint density at radius 1 is 0.812 bits per heavy atom. The Labute approximate surface area is 89.6 Å². The zero-order valence-corrected chi connectivity index (χ0v) is 8.07. The van der Waals surface area contributed by atoms with Crippen LogP contribution in [-0.2, 0) is 28.5 Å². The lowest BCUT2D eigenvalue weighted by atomic mass is 10.0. The number of carbonyl (C=O) groups is 2. The van der Waals surface area contributed by atoms with E-state index in [1.807, 2.05) is 0 Å². The first-order chi connectivity index (χ1) is 7.61. The quantitative estimate of drug-likeness (QED) is 0.602. The summed E-state index contributed by atoms with van der Waals surface area (Å²) in [6.07, 6.45) is -4.41. The molecule has 0 bridgehead atoms. The molecule has 8 heteroatoms. The van der Waals surface area contributed by atoms with Crippen molar-refractivity contribution in [2.75, 3.05) is 13.6 Å². The molecule has 0 aromatic rings. The van der Waals surface area contributed by atoms with Gasteiger partial charge in [0.05, 0.1) is 0 Å². The molecule has 0 spiro atoms. The number of ether oxygens (including phenoxy) is 4. The summed E-state index contributed by atoms with van der Waals surface area (Å²) in [5, 5.41) is 17.7. The first-order valence-electron chi connectivity index (χ1n) is 4.53. The third-order valence-electron chi connectivity index (χ3n) is 2.42. The maximum atomic E-state index is 10.8. The fraction of sp³-hybridized carbons (Fsp3) is 0.750. The van der Waals surface area contributed by atoms with Crippen molar-refractivity contribution < 1.29 is 38.7 Å². The molecule has 0 aromatic carbocycles. The van der Waals surface area contributed by atoms with Crippen LogP contribution in [0.4, 0.5) is 0 Å². The third kappa shape index (κ3) is 1.87. The Balaban J connectivity index is 2.17. The first kappa shape index (κ1) is 11.3. The van der Waals surface area contributed by atoms with Gasteiger partial charge in [-0.05, 0) is 0 Å². The standard InChI is InChI=1S/C8H10O8/c9-7(10)5-4-3(13-1-15-5)6(8(11)12)16-2-14-4/h3-6H,1-2H2,(H,9,10)(H,11,12)/t3-,4-,5+,6+/m1/s1. The fourth-order valence-electron chi connectivity index (χ4n) is 1.70. The lowest BCUT2D eigenvalue weighted by molar-refractivity contribution is -0.316. The Morgan fingerprint density at radius 2 is 1.19 bits per heavy atom. The van der Waals surface area contributed by atoms with Crippen molar-refractivity contribution in [3.63, 3.8) is 0 Å². The van der Waals surface area contributed by atoms with Crippen LogP contribution in [0, 0.1) is 0 Å². The summed E-state index contributed by atoms with van der Waals surface area (Å²) in [6, 6.07) is 0. The highest BCUT2D eigenvalue weighted by atomic mass is 16.8. The predicted octanol–water partition coefficient (Wildman–Crippen LogP) is -1.36. The van der Waals surface area contributed by atoms with E-state index in [-0.39, 0.29) is 13.6 Å². The molecular weight excluding hydrogens is 224 g/mol. The van der Waals surface area contributed by atoms with Crippen LogP contribution in [0.5, 0.6) is 0 Å². The van der Waals surface area contributed by atoms with Crippen LogP contribution in [0.1, 0.15) is 0 Å². The van der Waals surface area contributed by atoms with Crippen molar-refractivity contribution in [2.24, 2.45) is 0 Å². The summed E-state index contributed by atoms with van der Waals surface area (Å²) >= 11 is 0. The minimum Gasteiger partial charge on any atom is -0.479 e. The van der Waals surface area contributed by atoms with E-state index in [9.17, 15) is 9.59 Å². The molecule has 0 saturated carbocycles. The summed E-state index contributed by atoms with van der Waals surface area (Å²) in [7, 11) is 0. The van der Waals surface area contributed by atoms with Crippen LogP contribution in [-0.4, -0.2) is 60.2 Å². The number of aliphatic carboxylic acids is 2. The fourth-order valence-corrected chi connectivity index (χ4v) is 1.70. The van der Waals surface area contributed by atoms with Gasteiger partial charge >= 0.3 is 11.9 Å². The predicted molar refractivity (Wildman–Crippen MR) is 44.5 cm³/mol. The molecule has 0 aliphatic carbocycles. The van der Waals surface area contributed by atoms with Crippen LogP contribution in [0.25, 0.3) is 0 Å². The van der Waals surface area contributed by atoms with Crippen molar-refractivity contribution in [1.82, 2.24) is 0 Å². The maximum absolute atomic E-state index is 10.8. The monoisotopic (exact) mass is 234 g/mol. The number of hydrogen-bond donors (Lipinski definition) is 2. The Morgan fingerprint density at radius 3 is 1.50 bits per heavy atom. The highest BCUT2D eigenvalue weighted by Gasteiger charge is 2.49. The number of rotatable bonds is 2. The van der Waals surface area contributed by atoms with Crippen LogP contribution < -0.4 is 0 Å². The van der Waals surface area contributed by atoms with Crippen LogP contribution in [0.2, 0.25) is 0 Å². The number of hydrogen-bond acceptors (Lipinski definition) is 6. The van der Waals surface area contributed by atoms with Crippen molar-refractivity contribution in [1.29, 1.82) is 0 Å². The van der Waals surface area contributed by atoms with Gasteiger partial charge in [0.2, 0.25) is 0 Å². The molecule has 2 rings (SSSR count). The van der Waals surface area contributed by atoms with E-state index in [0.717, 1.165) is 0 Å². The zero-order chi connectivity index (χ0) is 11.7. The molecule has 0 unspecified atom stereocenters. The largest absolute Gasteiger partial charge is 0.479 e. The van der Waals surface area contributed by atoms with E-state index in [1.54, 1.807) is 0 Å². The second-order valence-electron chi connectivity index (χ2n) is 3.35. The summed E-state index contributed by atoms with van der Waals surface area (Å²) in [5.41, 5.74) is 0. The molecule has 8 nitrogen and oxygen atoms in total. The molecule has 2 fully saturated rings. The summed E-state index contributed by atoms with van der Waals surface area (Å²) in [4.78, 5) is 21.7. The van der Waals surface area contributed by atoms with Crippen molar-refractivity contribution in [3.05, 3.63) is 0 Å². The molecule has 0 amide bonds. The molecular formula is C8H10O8. The molecule has 4 atom stereocenters. The highest BCUT2D eigenvalue weighted by Crippen LogP contribution is 2.26. The second kappa shape index (κ2) is 4.34. The van der Waals surface area contributed by atoms with Crippen molar-refractivity contribution in [2.45, 2.75) is 24.4 Å². The SMILES string of the molecule is O=C(O)[C@H]1OCO[C@@H]2[C@H]1OCO[C@@H]2C(=O)O. The lowest BCUT2D eigenvalue weighted by Crippen LogP contribution is -2.60. The Hall–Kier alpha value is -1.22. The zero-order valence-electron chi connectivity index (χ0n) is 8.07. The van der Waals surface area contributed by atoms with Gasteiger partial charge in [-0.1, -0.05) is 0 Å². The van der Waals surface area contributed by atoms with Gasteiger partial charge in [0.1, 0.15) is 25.8 Å². The van der Waals surface area contributed by atoms with Crippen LogP contribution >= 0.6 is 0 Å². The van der Waals surface area contributed by atoms with Gasteiger partial charge in [-0.15, -0.1) is 0 Å². The first-order valence-corrected chi connectivity index (χ1v) is 4.53. The van der Waals surface area contributed by atoms with E-state index < -0.39 is 36.4 Å². The number of carboxylic acid groups (broad SMARTS) is 2. The van der Waals surface area contributed by atoms with E-state index in [2.05, 4.69) is 0 Å². The average Bonchev–Trinajstić information content (AvgIpc) is 2.27. The van der Waals surface area contributed by atoms with Crippen LogP contribution in [0.15, 0.2) is 0 Å². The molecule has 0 aromatic heterocycles. The maximum Gasteiger partial charge on any atom is 0.335 e. The minimum atomic E-state index is -1.23. The van der Waals surface area contributed by atoms with E-state index in [4.69, 9.17) is 29.2 Å². The van der Waals surface area contributed by atoms with Crippen LogP contribution in [0.3, 0.4) is 0 Å². The Bertz CT molecular complexity index is 272. The van der Waals surface area contributed by atoms with Crippen molar-refractivity contribution >= 4 is 11.9 Å². The normalized spacial score (nSPS) is 38.8. The summed E-state index contributed by atoms with van der Waals surface area (Å²) in [5.74, 6) is -2.44. The van der Waals surface area contributed by atoms with E-state index in [0.29, 0.717) is 0 Å². The van der Waals surface area contributed by atoms with Gasteiger partial charge in [0.25, 0.3) is 0 Å². The molecule has 90 valence electrons. The molecule has 0 radical (unpaired) electrons. The minimum absolute atomic E-state index is 0.297. The number of carboxylic acids is 2. The molecule has 2 aliphatic rings. The van der Waals surface area contributed by atoms with Gasteiger partial charge in [-0.25, -0.2) is 9.59 Å². The highest BCUT2D eigenvalue weighted by molar-refractivity contribution is 5.76. The molecule has 2 N–H and O–H groups in total. The average molecular weight is 234 g/mol. The van der Waals surface area contributed by atoms with Gasteiger partial charge in [0, 0.05) is 0 Å². The molecule has 2 saturated heterocycles. The van der Waals surface area contributed by atoms with Gasteiger partial charge < -0.3 is 29.2 Å². The van der Waals surface area contributed by atoms with E-state index in [1.165, 1.54) is 0 Å². The Kier molecular flexibility index (Phi) is 3.06. The van der Waals surface area contributed by atoms with Gasteiger partial charge in [-0.3, -0.25) is 0 Å². The second-order valence-corrected chi connectivity index (χ2v) is 3.35. The summed E-state index contributed by atoms with van der Waals surface area (Å²) < 4.78 is 19.7. The number of fused-ring (bicyclic) bond motifs is 1. The third-order valence-corrected chi connectivity index (χ3v) is 2.42. The molecule has 16 heavy (non-hydrogen) atoms. The lowest BCUT2D eigenvalue weighted by Gasteiger charge is -2.41. The smallest absolute Gasteiger partial charge is 0.335 e. The van der Waals surface area contributed by atoms with E-state index >= 15 is 0 Å².